The molecule has 1 aliphatic rings. The van der Waals surface area contributed by atoms with Crippen molar-refractivity contribution in [1.29, 1.82) is 0 Å². The standard InChI is InChI=1S/C12H19N3S/c1-9-13-11(8-12(16)14-9)15-10-6-4-2-3-5-7-10/h8,10H,2-7H2,1H3,(H2,13,14,15,16). The number of nitrogens with one attached hydrogen (secondary N) is 2. The smallest absolute Gasteiger partial charge is 0.131 e. The molecule has 0 atom stereocenters. The van der Waals surface area contributed by atoms with Gasteiger partial charge in [0.2, 0.25) is 0 Å². The van der Waals surface area contributed by atoms with Crippen LogP contribution in [0.4, 0.5) is 5.82 Å². The van der Waals surface area contributed by atoms with Gasteiger partial charge < -0.3 is 10.3 Å². The van der Waals surface area contributed by atoms with Crippen molar-refractivity contribution in [2.45, 2.75) is 51.5 Å². The van der Waals surface area contributed by atoms with Crippen molar-refractivity contribution in [1.82, 2.24) is 9.97 Å². The highest BCUT2D eigenvalue weighted by molar-refractivity contribution is 7.71. The highest BCUT2D eigenvalue weighted by atomic mass is 32.1. The zero-order valence-corrected chi connectivity index (χ0v) is 10.6. The topological polar surface area (TPSA) is 40.7 Å². The highest BCUT2D eigenvalue weighted by Gasteiger charge is 2.11. The van der Waals surface area contributed by atoms with Crippen LogP contribution in [0.2, 0.25) is 0 Å². The first-order valence-corrected chi connectivity index (χ1v) is 6.49. The van der Waals surface area contributed by atoms with E-state index in [0.29, 0.717) is 10.7 Å². The highest BCUT2D eigenvalue weighted by Crippen LogP contribution is 2.20. The average molecular weight is 237 g/mol. The lowest BCUT2D eigenvalue weighted by Crippen LogP contribution is -2.19. The number of H-pyrrole nitrogens is 1. The molecule has 88 valence electrons. The molecule has 0 saturated heterocycles. The molecular weight excluding hydrogens is 218 g/mol. The van der Waals surface area contributed by atoms with Crippen molar-refractivity contribution >= 4 is 18.0 Å². The monoisotopic (exact) mass is 237 g/mol. The van der Waals surface area contributed by atoms with E-state index in [9.17, 15) is 0 Å². The zero-order valence-electron chi connectivity index (χ0n) is 9.75. The van der Waals surface area contributed by atoms with Gasteiger partial charge in [-0.3, -0.25) is 0 Å². The molecule has 1 heterocycles. The second-order valence-electron chi connectivity index (χ2n) is 4.55. The number of anilines is 1. The van der Waals surface area contributed by atoms with Crippen LogP contribution in [0.5, 0.6) is 0 Å². The maximum atomic E-state index is 5.11. The average Bonchev–Trinajstić information content (AvgIpc) is 2.44. The van der Waals surface area contributed by atoms with Gasteiger partial charge in [-0.2, -0.15) is 0 Å². The summed E-state index contributed by atoms with van der Waals surface area (Å²) in [5.74, 6) is 1.90. The number of aryl methyl sites for hydroxylation is 1. The molecule has 0 aromatic carbocycles. The molecule has 1 aliphatic carbocycles. The van der Waals surface area contributed by atoms with Crippen LogP contribution in [0, 0.1) is 11.6 Å². The first kappa shape index (κ1) is 11.6. The molecule has 1 fully saturated rings. The van der Waals surface area contributed by atoms with Gasteiger partial charge in [0.25, 0.3) is 0 Å². The van der Waals surface area contributed by atoms with Gasteiger partial charge in [-0.15, -0.1) is 0 Å². The lowest BCUT2D eigenvalue weighted by molar-refractivity contribution is 0.617. The van der Waals surface area contributed by atoms with E-state index < -0.39 is 0 Å². The van der Waals surface area contributed by atoms with Crippen molar-refractivity contribution in [3.8, 4) is 0 Å². The SMILES string of the molecule is Cc1nc(=S)cc(NC2CCCCCC2)[nH]1. The predicted molar refractivity (Wildman–Crippen MR) is 69.3 cm³/mol. The van der Waals surface area contributed by atoms with E-state index in [1.807, 2.05) is 13.0 Å². The maximum Gasteiger partial charge on any atom is 0.131 e. The number of hydrogen-bond donors (Lipinski definition) is 2. The van der Waals surface area contributed by atoms with Crippen LogP contribution in [0.15, 0.2) is 6.07 Å². The lowest BCUT2D eigenvalue weighted by Gasteiger charge is -2.17. The summed E-state index contributed by atoms with van der Waals surface area (Å²) in [4.78, 5) is 7.39. The van der Waals surface area contributed by atoms with E-state index in [2.05, 4.69) is 15.3 Å². The Labute approximate surface area is 102 Å². The van der Waals surface area contributed by atoms with Crippen LogP contribution in [-0.2, 0) is 0 Å². The summed E-state index contributed by atoms with van der Waals surface area (Å²) in [6, 6.07) is 2.50. The fourth-order valence-corrected chi connectivity index (χ4v) is 2.56. The molecule has 3 nitrogen and oxygen atoms in total. The van der Waals surface area contributed by atoms with E-state index in [1.54, 1.807) is 0 Å². The van der Waals surface area contributed by atoms with Gasteiger partial charge in [-0.1, -0.05) is 37.9 Å². The van der Waals surface area contributed by atoms with Crippen molar-refractivity contribution < 1.29 is 0 Å². The Morgan fingerprint density at radius 2 is 2.00 bits per heavy atom. The quantitative estimate of drug-likeness (QED) is 0.610. The van der Waals surface area contributed by atoms with Gasteiger partial charge in [0.15, 0.2) is 0 Å². The Balaban J connectivity index is 2.04. The molecule has 1 aromatic rings. The maximum absolute atomic E-state index is 5.11. The minimum atomic E-state index is 0.593. The first-order valence-electron chi connectivity index (χ1n) is 6.08. The second-order valence-corrected chi connectivity index (χ2v) is 4.97. The summed E-state index contributed by atoms with van der Waals surface area (Å²) >= 11 is 5.11. The van der Waals surface area contributed by atoms with E-state index >= 15 is 0 Å². The van der Waals surface area contributed by atoms with E-state index in [-0.39, 0.29) is 0 Å². The Morgan fingerprint density at radius 1 is 1.31 bits per heavy atom. The molecule has 4 heteroatoms. The fourth-order valence-electron chi connectivity index (χ4n) is 2.30. The molecule has 0 unspecified atom stereocenters. The van der Waals surface area contributed by atoms with E-state index in [0.717, 1.165) is 11.6 Å². The minimum absolute atomic E-state index is 0.593. The lowest BCUT2D eigenvalue weighted by atomic mass is 10.1. The molecule has 0 aliphatic heterocycles. The third-order valence-electron chi connectivity index (χ3n) is 3.08. The van der Waals surface area contributed by atoms with Crippen LogP contribution < -0.4 is 5.32 Å². The first-order chi connectivity index (χ1) is 7.74. The van der Waals surface area contributed by atoms with Crippen LogP contribution >= 0.6 is 12.2 Å². The Morgan fingerprint density at radius 3 is 2.62 bits per heavy atom. The molecule has 0 spiro atoms. The van der Waals surface area contributed by atoms with Gasteiger partial charge >= 0.3 is 0 Å². The largest absolute Gasteiger partial charge is 0.369 e. The number of aromatic amines is 1. The summed E-state index contributed by atoms with van der Waals surface area (Å²) in [5, 5.41) is 3.54. The Hall–Kier alpha value is -0.900. The van der Waals surface area contributed by atoms with Gasteiger partial charge in [-0.05, 0) is 19.8 Å². The third kappa shape index (κ3) is 3.30. The van der Waals surface area contributed by atoms with Crippen molar-refractivity contribution in [2.24, 2.45) is 0 Å². The molecular formula is C12H19N3S. The Bertz CT molecular complexity index is 391. The van der Waals surface area contributed by atoms with Gasteiger partial charge in [0.1, 0.15) is 16.3 Å². The van der Waals surface area contributed by atoms with Gasteiger partial charge in [0, 0.05) is 12.1 Å². The number of aromatic nitrogens is 2. The van der Waals surface area contributed by atoms with Crippen LogP contribution in [-0.4, -0.2) is 16.0 Å². The molecule has 2 rings (SSSR count). The number of rotatable bonds is 2. The molecule has 1 saturated carbocycles. The number of hydrogen-bond acceptors (Lipinski definition) is 3. The molecule has 2 N–H and O–H groups in total. The van der Waals surface area contributed by atoms with E-state index in [1.165, 1.54) is 38.5 Å². The molecule has 0 amide bonds. The number of nitrogens with zero attached hydrogens (tertiary/aromatic N) is 1. The summed E-state index contributed by atoms with van der Waals surface area (Å²) in [7, 11) is 0. The Kier molecular flexibility index (Phi) is 3.93. The summed E-state index contributed by atoms with van der Waals surface area (Å²) in [6.45, 7) is 1.94. The normalized spacial score (nSPS) is 18.1. The van der Waals surface area contributed by atoms with Crippen LogP contribution in [0.1, 0.15) is 44.3 Å². The predicted octanol–water partition coefficient (Wildman–Crippen LogP) is 3.58. The zero-order chi connectivity index (χ0) is 11.4. The van der Waals surface area contributed by atoms with Crippen LogP contribution in [0.25, 0.3) is 0 Å². The van der Waals surface area contributed by atoms with Crippen LogP contribution in [0.3, 0.4) is 0 Å². The summed E-state index contributed by atoms with van der Waals surface area (Å²) in [5.41, 5.74) is 0. The van der Waals surface area contributed by atoms with Crippen molar-refractivity contribution in [3.63, 3.8) is 0 Å². The minimum Gasteiger partial charge on any atom is -0.369 e. The summed E-state index contributed by atoms with van der Waals surface area (Å²) in [6.07, 6.45) is 7.96. The van der Waals surface area contributed by atoms with Crippen molar-refractivity contribution in [2.75, 3.05) is 5.32 Å². The third-order valence-corrected chi connectivity index (χ3v) is 3.29. The van der Waals surface area contributed by atoms with Gasteiger partial charge in [-0.25, -0.2) is 4.98 Å². The molecule has 16 heavy (non-hydrogen) atoms. The fraction of sp³-hybridized carbons (Fsp3) is 0.667. The van der Waals surface area contributed by atoms with E-state index in [4.69, 9.17) is 12.2 Å². The molecule has 0 bridgehead atoms. The molecule has 1 aromatic heterocycles. The second kappa shape index (κ2) is 5.43. The van der Waals surface area contributed by atoms with Gasteiger partial charge in [0.05, 0.1) is 0 Å². The summed E-state index contributed by atoms with van der Waals surface area (Å²) < 4.78 is 0.660. The molecule has 0 radical (unpaired) electrons. The van der Waals surface area contributed by atoms with Crippen molar-refractivity contribution in [3.05, 3.63) is 16.5 Å².